The first kappa shape index (κ1) is 14.0. The molecule has 21 heavy (non-hydrogen) atoms. The number of benzene rings is 2. The highest BCUT2D eigenvalue weighted by atomic mass is 35.5. The fraction of sp³-hybridized carbons (Fsp3) is 0.0625. The lowest BCUT2D eigenvalue weighted by Crippen LogP contribution is -2.14. The third-order valence-electron chi connectivity index (χ3n) is 3.19. The molecule has 5 heteroatoms. The molecule has 1 aromatic heterocycles. The molecule has 0 saturated heterocycles. The molecule has 0 radical (unpaired) electrons. The Kier molecular flexibility index (Phi) is 3.86. The van der Waals surface area contributed by atoms with E-state index in [1.807, 2.05) is 30.5 Å². The van der Waals surface area contributed by atoms with Gasteiger partial charge in [-0.05, 0) is 42.0 Å². The Bertz CT molecular complexity index is 811. The van der Waals surface area contributed by atoms with Gasteiger partial charge >= 0.3 is 0 Å². The van der Waals surface area contributed by atoms with Crippen molar-refractivity contribution in [1.82, 2.24) is 4.98 Å². The normalized spacial score (nSPS) is 10.8. The van der Waals surface area contributed by atoms with Crippen LogP contribution >= 0.6 is 23.2 Å². The van der Waals surface area contributed by atoms with E-state index in [2.05, 4.69) is 10.3 Å². The van der Waals surface area contributed by atoms with E-state index in [4.69, 9.17) is 23.2 Å². The third-order valence-corrected chi connectivity index (χ3v) is 3.92. The molecule has 0 aliphatic carbocycles. The molecule has 1 heterocycles. The molecule has 3 nitrogen and oxygen atoms in total. The largest absolute Gasteiger partial charge is 0.361 e. The van der Waals surface area contributed by atoms with Gasteiger partial charge in [-0.15, -0.1) is 0 Å². The molecule has 0 aliphatic heterocycles. The maximum absolute atomic E-state index is 12.1. The smallest absolute Gasteiger partial charge is 0.228 e. The molecule has 106 valence electrons. The molecule has 3 aromatic rings. The molecule has 0 bridgehead atoms. The first-order valence-corrected chi connectivity index (χ1v) is 7.18. The van der Waals surface area contributed by atoms with Crippen molar-refractivity contribution in [1.29, 1.82) is 0 Å². The number of hydrogen-bond acceptors (Lipinski definition) is 1. The second kappa shape index (κ2) is 5.80. The van der Waals surface area contributed by atoms with Gasteiger partial charge in [0.25, 0.3) is 0 Å². The minimum atomic E-state index is -0.0942. The van der Waals surface area contributed by atoms with Gasteiger partial charge in [-0.1, -0.05) is 29.3 Å². The highest BCUT2D eigenvalue weighted by Crippen LogP contribution is 2.23. The zero-order chi connectivity index (χ0) is 14.8. The average molecular weight is 319 g/mol. The van der Waals surface area contributed by atoms with Crippen LogP contribution in [0.3, 0.4) is 0 Å². The zero-order valence-electron chi connectivity index (χ0n) is 11.0. The van der Waals surface area contributed by atoms with Gasteiger partial charge in [-0.3, -0.25) is 4.79 Å². The number of aromatic nitrogens is 1. The van der Waals surface area contributed by atoms with Crippen molar-refractivity contribution >= 4 is 45.7 Å². The van der Waals surface area contributed by atoms with Crippen molar-refractivity contribution in [3.8, 4) is 0 Å². The highest BCUT2D eigenvalue weighted by molar-refractivity contribution is 6.42. The van der Waals surface area contributed by atoms with Crippen molar-refractivity contribution in [3.05, 3.63) is 64.3 Å². The van der Waals surface area contributed by atoms with Crippen molar-refractivity contribution < 1.29 is 4.79 Å². The van der Waals surface area contributed by atoms with Gasteiger partial charge in [0.2, 0.25) is 5.91 Å². The molecule has 0 saturated carbocycles. The third kappa shape index (κ3) is 3.20. The molecule has 1 amide bonds. The summed E-state index contributed by atoms with van der Waals surface area (Å²) in [4.78, 5) is 15.2. The Hall–Kier alpha value is -1.97. The number of H-pyrrole nitrogens is 1. The Morgan fingerprint density at radius 3 is 2.71 bits per heavy atom. The predicted octanol–water partition coefficient (Wildman–Crippen LogP) is 4.66. The lowest BCUT2D eigenvalue weighted by molar-refractivity contribution is -0.115. The summed E-state index contributed by atoms with van der Waals surface area (Å²) in [6.07, 6.45) is 2.12. The van der Waals surface area contributed by atoms with Crippen LogP contribution in [0, 0.1) is 0 Å². The summed E-state index contributed by atoms with van der Waals surface area (Å²) >= 11 is 11.8. The number of anilines is 1. The number of halogens is 2. The first-order valence-electron chi connectivity index (χ1n) is 6.43. The summed E-state index contributed by atoms with van der Waals surface area (Å²) in [5.74, 6) is -0.0942. The lowest BCUT2D eigenvalue weighted by atomic mass is 10.1. The highest BCUT2D eigenvalue weighted by Gasteiger charge is 2.07. The van der Waals surface area contributed by atoms with Gasteiger partial charge in [0.15, 0.2) is 0 Å². The van der Waals surface area contributed by atoms with Crippen molar-refractivity contribution in [3.63, 3.8) is 0 Å². The van der Waals surface area contributed by atoms with Crippen LogP contribution in [0.15, 0.2) is 48.7 Å². The molecular formula is C16H12Cl2N2O. The van der Waals surface area contributed by atoms with Crippen LogP contribution in [-0.4, -0.2) is 10.9 Å². The average Bonchev–Trinajstić information content (AvgIpc) is 2.90. The Morgan fingerprint density at radius 2 is 1.90 bits per heavy atom. The van der Waals surface area contributed by atoms with Gasteiger partial charge in [0.1, 0.15) is 0 Å². The SMILES string of the molecule is O=C(Cc1ccc(Cl)c(Cl)c1)Nc1ccc2[nH]ccc2c1. The topological polar surface area (TPSA) is 44.9 Å². The van der Waals surface area contributed by atoms with Gasteiger partial charge in [-0.2, -0.15) is 0 Å². The summed E-state index contributed by atoms with van der Waals surface area (Å²) in [6.45, 7) is 0. The lowest BCUT2D eigenvalue weighted by Gasteiger charge is -2.06. The minimum absolute atomic E-state index is 0.0942. The maximum Gasteiger partial charge on any atom is 0.228 e. The Balaban J connectivity index is 1.71. The van der Waals surface area contributed by atoms with E-state index >= 15 is 0 Å². The van der Waals surface area contributed by atoms with Gasteiger partial charge in [-0.25, -0.2) is 0 Å². The molecule has 2 aromatic carbocycles. The summed E-state index contributed by atoms with van der Waals surface area (Å²) in [6, 6.07) is 12.9. The fourth-order valence-corrected chi connectivity index (χ4v) is 2.49. The van der Waals surface area contributed by atoms with Crippen LogP contribution in [-0.2, 0) is 11.2 Å². The summed E-state index contributed by atoms with van der Waals surface area (Å²) in [5, 5.41) is 4.87. The summed E-state index contributed by atoms with van der Waals surface area (Å²) < 4.78 is 0. The van der Waals surface area contributed by atoms with Gasteiger partial charge in [0.05, 0.1) is 16.5 Å². The van der Waals surface area contributed by atoms with Crippen molar-refractivity contribution in [2.75, 3.05) is 5.32 Å². The minimum Gasteiger partial charge on any atom is -0.361 e. The number of fused-ring (bicyclic) bond motifs is 1. The standard InChI is InChI=1S/C16H12Cl2N2O/c17-13-3-1-10(7-14(13)18)8-16(21)20-12-2-4-15-11(9-12)5-6-19-15/h1-7,9,19H,8H2,(H,20,21). The quantitative estimate of drug-likeness (QED) is 0.725. The Morgan fingerprint density at radius 1 is 1.05 bits per heavy atom. The van der Waals surface area contributed by atoms with Crippen molar-refractivity contribution in [2.24, 2.45) is 0 Å². The van der Waals surface area contributed by atoms with E-state index in [-0.39, 0.29) is 12.3 Å². The Labute approximate surface area is 131 Å². The van der Waals surface area contributed by atoms with Crippen LogP contribution in [0.4, 0.5) is 5.69 Å². The number of carbonyl (C=O) groups is 1. The fourth-order valence-electron chi connectivity index (χ4n) is 2.17. The molecule has 3 rings (SSSR count). The second-order valence-corrected chi connectivity index (χ2v) is 5.57. The number of aromatic amines is 1. The van der Waals surface area contributed by atoms with E-state index in [0.29, 0.717) is 10.0 Å². The van der Waals surface area contributed by atoms with Gasteiger partial charge < -0.3 is 10.3 Å². The molecule has 0 fully saturated rings. The molecule has 0 spiro atoms. The van der Waals surface area contributed by atoms with E-state index in [9.17, 15) is 4.79 Å². The van der Waals surface area contributed by atoms with Crippen LogP contribution < -0.4 is 5.32 Å². The second-order valence-electron chi connectivity index (χ2n) is 4.75. The number of hydrogen-bond donors (Lipinski definition) is 2. The van der Waals surface area contributed by atoms with Crippen molar-refractivity contribution in [2.45, 2.75) is 6.42 Å². The molecule has 2 N–H and O–H groups in total. The monoisotopic (exact) mass is 318 g/mol. The number of nitrogens with one attached hydrogen (secondary N) is 2. The van der Waals surface area contributed by atoms with Crippen LogP contribution in [0.1, 0.15) is 5.56 Å². The summed E-state index contributed by atoms with van der Waals surface area (Å²) in [5.41, 5.74) is 2.63. The van der Waals surface area contributed by atoms with E-state index in [1.165, 1.54) is 0 Å². The van der Waals surface area contributed by atoms with Gasteiger partial charge in [0, 0.05) is 22.8 Å². The van der Waals surface area contributed by atoms with E-state index < -0.39 is 0 Å². The molecule has 0 aliphatic rings. The maximum atomic E-state index is 12.1. The van der Waals surface area contributed by atoms with Crippen LogP contribution in [0.5, 0.6) is 0 Å². The zero-order valence-corrected chi connectivity index (χ0v) is 12.5. The number of amides is 1. The first-order chi connectivity index (χ1) is 10.1. The number of rotatable bonds is 3. The number of carbonyl (C=O) groups excluding carboxylic acids is 1. The molecular weight excluding hydrogens is 307 g/mol. The van der Waals surface area contributed by atoms with E-state index in [0.717, 1.165) is 22.2 Å². The van der Waals surface area contributed by atoms with Crippen LogP contribution in [0.2, 0.25) is 10.0 Å². The molecule has 0 unspecified atom stereocenters. The summed E-state index contributed by atoms with van der Waals surface area (Å²) in [7, 11) is 0. The predicted molar refractivity (Wildman–Crippen MR) is 87.1 cm³/mol. The molecule has 0 atom stereocenters. The van der Waals surface area contributed by atoms with E-state index in [1.54, 1.807) is 18.2 Å². The van der Waals surface area contributed by atoms with Crippen LogP contribution in [0.25, 0.3) is 10.9 Å².